The number of methoxy groups -OCH3 is 1. The molecule has 0 saturated carbocycles. The lowest BCUT2D eigenvalue weighted by atomic mass is 10.1. The van der Waals surface area contributed by atoms with Crippen molar-refractivity contribution in [3.8, 4) is 5.75 Å². The Morgan fingerprint density at radius 2 is 1.91 bits per heavy atom. The van der Waals surface area contributed by atoms with E-state index in [9.17, 15) is 9.59 Å². The number of hydrogen-bond acceptors (Lipinski definition) is 3. The van der Waals surface area contributed by atoms with Gasteiger partial charge in [0.1, 0.15) is 11.3 Å². The summed E-state index contributed by atoms with van der Waals surface area (Å²) in [6, 6.07) is 11.4. The minimum Gasteiger partial charge on any atom is -0.496 e. The van der Waals surface area contributed by atoms with E-state index in [-0.39, 0.29) is 23.8 Å². The second-order valence-corrected chi connectivity index (χ2v) is 4.91. The van der Waals surface area contributed by atoms with Crippen molar-refractivity contribution in [1.82, 2.24) is 5.32 Å². The van der Waals surface area contributed by atoms with Crippen molar-refractivity contribution in [2.45, 2.75) is 6.54 Å². The molecule has 0 fully saturated rings. The third-order valence-corrected chi connectivity index (χ3v) is 3.40. The average Bonchev–Trinajstić information content (AvgIpc) is 2.52. The van der Waals surface area contributed by atoms with Crippen LogP contribution in [0.4, 0.5) is 0 Å². The fourth-order valence-corrected chi connectivity index (χ4v) is 2.18. The Bertz CT molecular complexity index is 715. The van der Waals surface area contributed by atoms with Gasteiger partial charge in [-0.3, -0.25) is 4.79 Å². The molecular formula is C16H14ClNO4. The summed E-state index contributed by atoms with van der Waals surface area (Å²) in [5, 5.41) is 12.2. The van der Waals surface area contributed by atoms with E-state index in [1.54, 1.807) is 36.4 Å². The Kier molecular flexibility index (Phi) is 5.01. The second kappa shape index (κ2) is 6.95. The first-order valence-corrected chi connectivity index (χ1v) is 6.83. The zero-order valence-electron chi connectivity index (χ0n) is 11.8. The zero-order chi connectivity index (χ0) is 16.1. The first-order valence-electron chi connectivity index (χ1n) is 6.46. The number of aromatic carboxylic acids is 1. The summed E-state index contributed by atoms with van der Waals surface area (Å²) >= 11 is 5.95. The average molecular weight is 320 g/mol. The van der Waals surface area contributed by atoms with Gasteiger partial charge in [-0.05, 0) is 29.8 Å². The van der Waals surface area contributed by atoms with Gasteiger partial charge in [0.25, 0.3) is 5.91 Å². The van der Waals surface area contributed by atoms with Gasteiger partial charge in [-0.1, -0.05) is 29.8 Å². The topological polar surface area (TPSA) is 75.6 Å². The molecule has 22 heavy (non-hydrogen) atoms. The van der Waals surface area contributed by atoms with Crippen LogP contribution < -0.4 is 10.1 Å². The van der Waals surface area contributed by atoms with Gasteiger partial charge in [-0.2, -0.15) is 0 Å². The number of ether oxygens (including phenoxy) is 1. The molecule has 0 aliphatic rings. The van der Waals surface area contributed by atoms with Gasteiger partial charge in [-0.15, -0.1) is 0 Å². The first-order chi connectivity index (χ1) is 10.5. The van der Waals surface area contributed by atoms with E-state index in [2.05, 4.69) is 5.32 Å². The third kappa shape index (κ3) is 3.56. The quantitative estimate of drug-likeness (QED) is 0.888. The summed E-state index contributed by atoms with van der Waals surface area (Å²) in [7, 11) is 1.40. The number of hydrogen-bond donors (Lipinski definition) is 2. The molecule has 6 heteroatoms. The Morgan fingerprint density at radius 1 is 1.18 bits per heavy atom. The van der Waals surface area contributed by atoms with Gasteiger partial charge in [0.2, 0.25) is 0 Å². The molecule has 0 saturated heterocycles. The van der Waals surface area contributed by atoms with Gasteiger partial charge in [-0.25, -0.2) is 4.79 Å². The second-order valence-electron chi connectivity index (χ2n) is 4.50. The van der Waals surface area contributed by atoms with Gasteiger partial charge in [0.05, 0.1) is 17.7 Å². The van der Waals surface area contributed by atoms with Crippen LogP contribution in [-0.4, -0.2) is 24.1 Å². The van der Waals surface area contributed by atoms with Crippen LogP contribution >= 0.6 is 11.6 Å². The molecule has 1 amide bonds. The van der Waals surface area contributed by atoms with E-state index in [1.807, 2.05) is 0 Å². The molecule has 0 aliphatic carbocycles. The fourth-order valence-electron chi connectivity index (χ4n) is 1.96. The summed E-state index contributed by atoms with van der Waals surface area (Å²) < 4.78 is 4.99. The van der Waals surface area contributed by atoms with Crippen LogP contribution in [0.3, 0.4) is 0 Å². The van der Waals surface area contributed by atoms with Crippen molar-refractivity contribution < 1.29 is 19.4 Å². The minimum atomic E-state index is -1.09. The van der Waals surface area contributed by atoms with Crippen LogP contribution in [0.2, 0.25) is 5.02 Å². The molecule has 0 atom stereocenters. The highest BCUT2D eigenvalue weighted by atomic mass is 35.5. The Balaban J connectivity index is 2.12. The monoisotopic (exact) mass is 319 g/mol. The molecule has 0 unspecified atom stereocenters. The summed E-state index contributed by atoms with van der Waals surface area (Å²) in [4.78, 5) is 23.2. The number of carboxylic acid groups (broad SMARTS) is 1. The number of carbonyl (C=O) groups is 2. The molecule has 2 rings (SSSR count). The number of halogens is 1. The molecule has 2 aromatic rings. The number of rotatable bonds is 5. The fraction of sp³-hybridized carbons (Fsp3) is 0.125. The highest BCUT2D eigenvalue weighted by Gasteiger charge is 2.13. The lowest BCUT2D eigenvalue weighted by molar-refractivity contribution is 0.0693. The predicted molar refractivity (Wildman–Crippen MR) is 82.6 cm³/mol. The predicted octanol–water partition coefficient (Wildman–Crippen LogP) is 2.98. The van der Waals surface area contributed by atoms with Crippen LogP contribution in [0, 0.1) is 0 Å². The molecule has 0 spiro atoms. The van der Waals surface area contributed by atoms with Crippen LogP contribution in [0.1, 0.15) is 26.3 Å². The van der Waals surface area contributed by atoms with Crippen LogP contribution in [0.15, 0.2) is 42.5 Å². The lowest BCUT2D eigenvalue weighted by Crippen LogP contribution is -2.23. The molecule has 2 aromatic carbocycles. The highest BCUT2D eigenvalue weighted by Crippen LogP contribution is 2.20. The molecule has 5 nitrogen and oxygen atoms in total. The van der Waals surface area contributed by atoms with Crippen molar-refractivity contribution in [2.75, 3.05) is 7.11 Å². The van der Waals surface area contributed by atoms with Crippen LogP contribution in [0.25, 0.3) is 0 Å². The van der Waals surface area contributed by atoms with E-state index in [1.165, 1.54) is 13.2 Å². The largest absolute Gasteiger partial charge is 0.496 e. The van der Waals surface area contributed by atoms with Crippen molar-refractivity contribution in [1.29, 1.82) is 0 Å². The third-order valence-electron chi connectivity index (χ3n) is 3.07. The molecule has 2 N–H and O–H groups in total. The van der Waals surface area contributed by atoms with E-state index < -0.39 is 5.97 Å². The minimum absolute atomic E-state index is 0.0481. The maximum atomic E-state index is 12.0. The van der Waals surface area contributed by atoms with E-state index in [0.717, 1.165) is 0 Å². The molecule has 0 aliphatic heterocycles. The number of benzene rings is 2. The maximum absolute atomic E-state index is 12.0. The first kappa shape index (κ1) is 15.9. The van der Waals surface area contributed by atoms with E-state index in [0.29, 0.717) is 16.1 Å². The molecule has 0 aromatic heterocycles. The molecular weight excluding hydrogens is 306 g/mol. The molecule has 0 heterocycles. The van der Waals surface area contributed by atoms with E-state index >= 15 is 0 Å². The summed E-state index contributed by atoms with van der Waals surface area (Å²) in [5.74, 6) is -1.14. The Hall–Kier alpha value is -2.53. The van der Waals surface area contributed by atoms with Crippen LogP contribution in [-0.2, 0) is 6.54 Å². The van der Waals surface area contributed by atoms with Crippen molar-refractivity contribution in [3.63, 3.8) is 0 Å². The van der Waals surface area contributed by atoms with Crippen LogP contribution in [0.5, 0.6) is 5.75 Å². The molecule has 114 valence electrons. The SMILES string of the molecule is COc1ccc(CNC(=O)c2ccccc2Cl)cc1C(=O)O. The zero-order valence-corrected chi connectivity index (χ0v) is 12.6. The molecule has 0 radical (unpaired) electrons. The van der Waals surface area contributed by atoms with Gasteiger partial charge in [0.15, 0.2) is 0 Å². The standard InChI is InChI=1S/C16H14ClNO4/c1-22-14-7-6-10(8-12(14)16(20)21)9-18-15(19)11-4-2-3-5-13(11)17/h2-8H,9H2,1H3,(H,18,19)(H,20,21). The van der Waals surface area contributed by atoms with Gasteiger partial charge < -0.3 is 15.2 Å². The van der Waals surface area contributed by atoms with E-state index in [4.69, 9.17) is 21.4 Å². The van der Waals surface area contributed by atoms with Gasteiger partial charge in [0, 0.05) is 6.54 Å². The number of carboxylic acids is 1. The number of amides is 1. The normalized spacial score (nSPS) is 10.1. The summed E-state index contributed by atoms with van der Waals surface area (Å²) in [6.45, 7) is 0.189. The number of carbonyl (C=O) groups excluding carboxylic acids is 1. The Labute approximate surface area is 132 Å². The maximum Gasteiger partial charge on any atom is 0.339 e. The smallest absolute Gasteiger partial charge is 0.339 e. The summed E-state index contributed by atoms with van der Waals surface area (Å²) in [6.07, 6.45) is 0. The van der Waals surface area contributed by atoms with Gasteiger partial charge >= 0.3 is 5.97 Å². The van der Waals surface area contributed by atoms with Crippen molar-refractivity contribution >= 4 is 23.5 Å². The van der Waals surface area contributed by atoms with Crippen molar-refractivity contribution in [3.05, 3.63) is 64.2 Å². The summed E-state index contributed by atoms with van der Waals surface area (Å²) in [5.41, 5.74) is 1.07. The highest BCUT2D eigenvalue weighted by molar-refractivity contribution is 6.33. The van der Waals surface area contributed by atoms with Crippen molar-refractivity contribution in [2.24, 2.45) is 0 Å². The Morgan fingerprint density at radius 3 is 2.55 bits per heavy atom. The molecule has 0 bridgehead atoms. The number of nitrogens with one attached hydrogen (secondary N) is 1. The lowest BCUT2D eigenvalue weighted by Gasteiger charge is -2.09.